The van der Waals surface area contributed by atoms with Gasteiger partial charge in [0.15, 0.2) is 5.65 Å². The summed E-state index contributed by atoms with van der Waals surface area (Å²) in [7, 11) is 0. The fourth-order valence-corrected chi connectivity index (χ4v) is 2.45. The highest BCUT2D eigenvalue weighted by Crippen LogP contribution is 2.24. The fourth-order valence-electron chi connectivity index (χ4n) is 2.45. The van der Waals surface area contributed by atoms with Crippen LogP contribution in [0, 0.1) is 18.3 Å². The predicted molar refractivity (Wildman–Crippen MR) is 82.5 cm³/mol. The molecule has 0 atom stereocenters. The summed E-state index contributed by atoms with van der Waals surface area (Å²) in [6, 6.07) is 14.4. The van der Waals surface area contributed by atoms with Gasteiger partial charge in [-0.15, -0.1) is 0 Å². The van der Waals surface area contributed by atoms with E-state index in [-0.39, 0.29) is 0 Å². The Balaban J connectivity index is 2.13. The molecule has 4 heteroatoms. The highest BCUT2D eigenvalue weighted by Gasteiger charge is 2.13. The largest absolute Gasteiger partial charge is 0.309 e. The summed E-state index contributed by atoms with van der Waals surface area (Å²) in [5.74, 6) is 0.918. The number of aryl methyl sites for hydroxylation is 2. The number of rotatable bonds is 4. The molecule has 0 aliphatic carbocycles. The lowest BCUT2D eigenvalue weighted by atomic mass is 10.2. The minimum atomic E-state index is 0.541. The minimum Gasteiger partial charge on any atom is -0.309 e. The van der Waals surface area contributed by atoms with Gasteiger partial charge in [-0.2, -0.15) is 5.26 Å². The minimum absolute atomic E-state index is 0.541. The van der Waals surface area contributed by atoms with E-state index in [9.17, 15) is 0 Å². The zero-order chi connectivity index (χ0) is 14.7. The van der Waals surface area contributed by atoms with Gasteiger partial charge in [0, 0.05) is 24.7 Å². The molecule has 2 aromatic heterocycles. The van der Waals surface area contributed by atoms with Crippen LogP contribution in [0.25, 0.3) is 22.6 Å². The molecule has 21 heavy (non-hydrogen) atoms. The molecule has 3 aromatic rings. The number of nitriles is 1. The Morgan fingerprint density at radius 1 is 1.24 bits per heavy atom. The predicted octanol–water partition coefficient (Wildman–Crippen LogP) is 3.71. The van der Waals surface area contributed by atoms with Crippen LogP contribution in [0.3, 0.4) is 0 Å². The lowest BCUT2D eigenvalue weighted by Gasteiger charge is -2.07. The number of imidazole rings is 1. The standard InChI is InChI=1S/C17H16N4/c1-13-11-15-17(19-12-13)21(10-6-5-9-18)16(20-15)14-7-3-2-4-8-14/h2-4,7-8,11-12H,5-6,10H2,1H3. The quantitative estimate of drug-likeness (QED) is 0.682. The number of hydrogen-bond donors (Lipinski definition) is 0. The van der Waals surface area contributed by atoms with Gasteiger partial charge in [0.1, 0.15) is 11.3 Å². The number of nitrogens with zero attached hydrogens (tertiary/aromatic N) is 4. The van der Waals surface area contributed by atoms with Gasteiger partial charge in [-0.05, 0) is 25.0 Å². The van der Waals surface area contributed by atoms with Crippen molar-refractivity contribution in [3.63, 3.8) is 0 Å². The van der Waals surface area contributed by atoms with E-state index in [2.05, 4.69) is 33.8 Å². The van der Waals surface area contributed by atoms with E-state index in [4.69, 9.17) is 10.2 Å². The molecule has 1 aromatic carbocycles. The number of hydrogen-bond acceptors (Lipinski definition) is 3. The lowest BCUT2D eigenvalue weighted by Crippen LogP contribution is -2.01. The van der Waals surface area contributed by atoms with Crippen LogP contribution in [0.4, 0.5) is 0 Å². The van der Waals surface area contributed by atoms with Gasteiger partial charge in [0.25, 0.3) is 0 Å². The molecule has 0 radical (unpaired) electrons. The highest BCUT2D eigenvalue weighted by molar-refractivity contribution is 5.77. The number of pyridine rings is 1. The lowest BCUT2D eigenvalue weighted by molar-refractivity contribution is 0.670. The summed E-state index contributed by atoms with van der Waals surface area (Å²) in [5, 5.41) is 8.74. The summed E-state index contributed by atoms with van der Waals surface area (Å²) >= 11 is 0. The summed E-state index contributed by atoms with van der Waals surface area (Å²) in [4.78, 5) is 9.26. The Kier molecular flexibility index (Phi) is 3.65. The van der Waals surface area contributed by atoms with Crippen LogP contribution < -0.4 is 0 Å². The molecule has 2 heterocycles. The third-order valence-corrected chi connectivity index (χ3v) is 3.42. The zero-order valence-corrected chi connectivity index (χ0v) is 12.0. The van der Waals surface area contributed by atoms with Crippen LogP contribution in [0.15, 0.2) is 42.6 Å². The van der Waals surface area contributed by atoms with E-state index < -0.39 is 0 Å². The first kappa shape index (κ1) is 13.3. The Bertz CT molecular complexity index is 797. The second kappa shape index (κ2) is 5.76. The van der Waals surface area contributed by atoms with Crippen molar-refractivity contribution in [2.45, 2.75) is 26.3 Å². The van der Waals surface area contributed by atoms with Gasteiger partial charge in [-0.1, -0.05) is 30.3 Å². The highest BCUT2D eigenvalue weighted by atomic mass is 15.1. The van der Waals surface area contributed by atoms with Gasteiger partial charge >= 0.3 is 0 Å². The van der Waals surface area contributed by atoms with E-state index in [0.29, 0.717) is 6.42 Å². The van der Waals surface area contributed by atoms with Crippen molar-refractivity contribution in [2.24, 2.45) is 0 Å². The molecule has 0 bridgehead atoms. The van der Waals surface area contributed by atoms with E-state index in [0.717, 1.165) is 41.1 Å². The molecule has 0 unspecified atom stereocenters. The molecular formula is C17H16N4. The van der Waals surface area contributed by atoms with Crippen molar-refractivity contribution in [1.29, 1.82) is 5.26 Å². The second-order valence-corrected chi connectivity index (χ2v) is 5.07. The second-order valence-electron chi connectivity index (χ2n) is 5.07. The summed E-state index contributed by atoms with van der Waals surface area (Å²) < 4.78 is 2.11. The van der Waals surface area contributed by atoms with Gasteiger partial charge in [-0.3, -0.25) is 0 Å². The van der Waals surface area contributed by atoms with Crippen LogP contribution in [0.1, 0.15) is 18.4 Å². The number of unbranched alkanes of at least 4 members (excludes halogenated alkanes) is 1. The van der Waals surface area contributed by atoms with Crippen LogP contribution in [0.2, 0.25) is 0 Å². The van der Waals surface area contributed by atoms with Gasteiger partial charge < -0.3 is 4.57 Å². The Morgan fingerprint density at radius 2 is 2.05 bits per heavy atom. The van der Waals surface area contributed by atoms with Crippen molar-refractivity contribution >= 4 is 11.2 Å². The maximum absolute atomic E-state index is 8.74. The third kappa shape index (κ3) is 2.63. The molecule has 0 amide bonds. The van der Waals surface area contributed by atoms with Crippen LogP contribution in [0.5, 0.6) is 0 Å². The molecule has 0 aliphatic rings. The first-order valence-corrected chi connectivity index (χ1v) is 7.05. The molecule has 0 aliphatic heterocycles. The summed E-state index contributed by atoms with van der Waals surface area (Å²) in [6.45, 7) is 2.77. The summed E-state index contributed by atoms with van der Waals surface area (Å²) in [5.41, 5.74) is 3.97. The van der Waals surface area contributed by atoms with Crippen molar-refractivity contribution in [1.82, 2.24) is 14.5 Å². The van der Waals surface area contributed by atoms with E-state index in [1.165, 1.54) is 0 Å². The normalized spacial score (nSPS) is 10.7. The summed E-state index contributed by atoms with van der Waals surface area (Å²) in [6.07, 6.45) is 3.21. The molecule has 0 saturated carbocycles. The van der Waals surface area contributed by atoms with Crippen molar-refractivity contribution in [3.8, 4) is 17.5 Å². The maximum Gasteiger partial charge on any atom is 0.160 e. The first-order valence-electron chi connectivity index (χ1n) is 7.05. The van der Waals surface area contributed by atoms with Crippen molar-refractivity contribution in [2.75, 3.05) is 0 Å². The first-order chi connectivity index (χ1) is 10.3. The average Bonchev–Trinajstić information content (AvgIpc) is 2.86. The van der Waals surface area contributed by atoms with Gasteiger partial charge in [0.05, 0.1) is 6.07 Å². The van der Waals surface area contributed by atoms with E-state index >= 15 is 0 Å². The molecule has 0 fully saturated rings. The molecular weight excluding hydrogens is 260 g/mol. The Labute approximate surface area is 123 Å². The molecule has 0 spiro atoms. The molecule has 0 saturated heterocycles. The molecule has 3 rings (SSSR count). The van der Waals surface area contributed by atoms with E-state index in [1.54, 1.807) is 0 Å². The smallest absolute Gasteiger partial charge is 0.160 e. The van der Waals surface area contributed by atoms with Crippen LogP contribution >= 0.6 is 0 Å². The Hall–Kier alpha value is -2.67. The van der Waals surface area contributed by atoms with Crippen molar-refractivity contribution in [3.05, 3.63) is 48.2 Å². The Morgan fingerprint density at radius 3 is 2.81 bits per heavy atom. The van der Waals surface area contributed by atoms with Crippen molar-refractivity contribution < 1.29 is 0 Å². The maximum atomic E-state index is 8.74. The topological polar surface area (TPSA) is 54.5 Å². The van der Waals surface area contributed by atoms with Gasteiger partial charge in [-0.25, -0.2) is 9.97 Å². The van der Waals surface area contributed by atoms with E-state index in [1.807, 2.05) is 31.3 Å². The van der Waals surface area contributed by atoms with Crippen LogP contribution in [-0.2, 0) is 6.54 Å². The van der Waals surface area contributed by atoms with Gasteiger partial charge in [0.2, 0.25) is 0 Å². The number of aromatic nitrogens is 3. The SMILES string of the molecule is Cc1cnc2c(c1)nc(-c1ccccc1)n2CCCC#N. The zero-order valence-electron chi connectivity index (χ0n) is 12.0. The molecule has 104 valence electrons. The third-order valence-electron chi connectivity index (χ3n) is 3.42. The molecule has 0 N–H and O–H groups in total. The number of benzene rings is 1. The molecule has 4 nitrogen and oxygen atoms in total. The average molecular weight is 276 g/mol. The number of fused-ring (bicyclic) bond motifs is 1. The monoisotopic (exact) mass is 276 g/mol. The fraction of sp³-hybridized carbons (Fsp3) is 0.235. The van der Waals surface area contributed by atoms with Crippen LogP contribution in [-0.4, -0.2) is 14.5 Å².